The number of rotatable bonds is 3. The molecule has 1 fully saturated rings. The first kappa shape index (κ1) is 11.4. The Balaban J connectivity index is 2.03. The van der Waals surface area contributed by atoms with Gasteiger partial charge in [0.05, 0.1) is 0 Å². The number of thiophene rings is 1. The number of hydrogen-bond donors (Lipinski definition) is 0. The molecule has 1 aromatic carbocycles. The van der Waals surface area contributed by atoms with Crippen LogP contribution in [0.1, 0.15) is 29.2 Å². The summed E-state index contributed by atoms with van der Waals surface area (Å²) in [6.45, 7) is 0. The first-order valence-electron chi connectivity index (χ1n) is 5.72. The van der Waals surface area contributed by atoms with Gasteiger partial charge in [-0.1, -0.05) is 22.0 Å². The van der Waals surface area contributed by atoms with Crippen molar-refractivity contribution in [2.75, 3.05) is 0 Å². The van der Waals surface area contributed by atoms with E-state index >= 15 is 0 Å². The van der Waals surface area contributed by atoms with Crippen LogP contribution in [0.15, 0.2) is 30.3 Å². The molecule has 88 valence electrons. The average molecular weight is 311 g/mol. The highest BCUT2D eigenvalue weighted by Gasteiger charge is 2.25. The van der Waals surface area contributed by atoms with Crippen LogP contribution >= 0.6 is 27.3 Å². The molecule has 1 saturated carbocycles. The van der Waals surface area contributed by atoms with Crippen LogP contribution in [0.5, 0.6) is 0 Å². The van der Waals surface area contributed by atoms with E-state index in [0.717, 1.165) is 22.4 Å². The predicted molar refractivity (Wildman–Crippen MR) is 74.3 cm³/mol. The fourth-order valence-electron chi connectivity index (χ4n) is 1.98. The van der Waals surface area contributed by atoms with E-state index in [4.69, 9.17) is 0 Å². The molecule has 0 atom stereocenters. The number of alkyl halides is 1. The van der Waals surface area contributed by atoms with Gasteiger partial charge in [-0.2, -0.15) is 0 Å². The smallest absolute Gasteiger partial charge is 0.123 e. The molecule has 0 N–H and O–H groups in total. The summed E-state index contributed by atoms with van der Waals surface area (Å²) in [5, 5.41) is 0.763. The summed E-state index contributed by atoms with van der Waals surface area (Å²) in [4.78, 5) is 2.63. The molecule has 3 heteroatoms. The van der Waals surface area contributed by atoms with Crippen LogP contribution in [-0.4, -0.2) is 0 Å². The minimum Gasteiger partial charge on any atom is -0.207 e. The molecule has 0 unspecified atom stereocenters. The summed E-state index contributed by atoms with van der Waals surface area (Å²) in [6, 6.07) is 9.34. The largest absolute Gasteiger partial charge is 0.207 e. The van der Waals surface area contributed by atoms with Crippen molar-refractivity contribution in [3.8, 4) is 10.4 Å². The zero-order chi connectivity index (χ0) is 11.8. The van der Waals surface area contributed by atoms with Gasteiger partial charge < -0.3 is 0 Å². The lowest BCUT2D eigenvalue weighted by atomic mass is 10.1. The number of benzene rings is 1. The highest BCUT2D eigenvalue weighted by Crippen LogP contribution is 2.45. The molecule has 3 rings (SSSR count). The Labute approximate surface area is 113 Å². The molecule has 1 aromatic heterocycles. The van der Waals surface area contributed by atoms with Crippen LogP contribution in [0.4, 0.5) is 4.39 Å². The van der Waals surface area contributed by atoms with Crippen LogP contribution in [-0.2, 0) is 5.33 Å². The number of halogens is 2. The summed E-state index contributed by atoms with van der Waals surface area (Å²) in [7, 11) is 0. The fourth-order valence-corrected chi connectivity index (χ4v) is 3.70. The highest BCUT2D eigenvalue weighted by molar-refractivity contribution is 9.08. The average Bonchev–Trinajstić information content (AvgIpc) is 3.07. The van der Waals surface area contributed by atoms with Crippen molar-refractivity contribution in [1.29, 1.82) is 0 Å². The summed E-state index contributed by atoms with van der Waals surface area (Å²) < 4.78 is 13.3. The van der Waals surface area contributed by atoms with Gasteiger partial charge in [0, 0.05) is 15.1 Å². The van der Waals surface area contributed by atoms with E-state index in [0.29, 0.717) is 0 Å². The SMILES string of the molecule is Fc1ccc(CBr)c(-c2ccc(C3CC3)s2)c1. The Morgan fingerprint density at radius 3 is 2.76 bits per heavy atom. The normalized spacial score (nSPS) is 15.2. The van der Waals surface area contributed by atoms with Crippen molar-refractivity contribution < 1.29 is 4.39 Å². The molecule has 0 aliphatic heterocycles. The van der Waals surface area contributed by atoms with Crippen molar-refractivity contribution in [2.24, 2.45) is 0 Å². The minimum atomic E-state index is -0.161. The van der Waals surface area contributed by atoms with Crippen LogP contribution in [0.2, 0.25) is 0 Å². The Kier molecular flexibility index (Phi) is 3.05. The van der Waals surface area contributed by atoms with Gasteiger partial charge in [-0.05, 0) is 54.2 Å². The van der Waals surface area contributed by atoms with Crippen molar-refractivity contribution in [2.45, 2.75) is 24.1 Å². The minimum absolute atomic E-state index is 0.161. The second-order valence-electron chi connectivity index (χ2n) is 4.41. The van der Waals surface area contributed by atoms with Gasteiger partial charge in [-0.25, -0.2) is 4.39 Å². The molecular formula is C14H12BrFS. The summed E-state index contributed by atoms with van der Waals surface area (Å²) in [6.07, 6.45) is 2.63. The van der Waals surface area contributed by atoms with Gasteiger partial charge in [-0.3, -0.25) is 0 Å². The Morgan fingerprint density at radius 2 is 2.06 bits per heavy atom. The lowest BCUT2D eigenvalue weighted by Gasteiger charge is -2.04. The van der Waals surface area contributed by atoms with Crippen LogP contribution in [0, 0.1) is 5.82 Å². The monoisotopic (exact) mass is 310 g/mol. The Morgan fingerprint density at radius 1 is 1.24 bits per heavy atom. The molecule has 17 heavy (non-hydrogen) atoms. The number of hydrogen-bond acceptors (Lipinski definition) is 1. The molecule has 0 spiro atoms. The van der Waals surface area contributed by atoms with Crippen molar-refractivity contribution in [3.63, 3.8) is 0 Å². The van der Waals surface area contributed by atoms with Gasteiger partial charge >= 0.3 is 0 Å². The van der Waals surface area contributed by atoms with Gasteiger partial charge in [0.1, 0.15) is 5.82 Å². The molecule has 0 amide bonds. The molecule has 1 aliphatic carbocycles. The maximum atomic E-state index is 13.3. The maximum Gasteiger partial charge on any atom is 0.123 e. The first-order valence-corrected chi connectivity index (χ1v) is 7.66. The first-order chi connectivity index (χ1) is 8.28. The van der Waals surface area contributed by atoms with Gasteiger partial charge in [0.15, 0.2) is 0 Å². The Bertz CT molecular complexity index is 543. The zero-order valence-electron chi connectivity index (χ0n) is 9.25. The van der Waals surface area contributed by atoms with Gasteiger partial charge in [-0.15, -0.1) is 11.3 Å². The second kappa shape index (κ2) is 4.54. The maximum absolute atomic E-state index is 13.3. The Hall–Kier alpha value is -0.670. The molecule has 1 aliphatic rings. The molecule has 1 heterocycles. The third-order valence-electron chi connectivity index (χ3n) is 3.09. The van der Waals surface area contributed by atoms with E-state index in [1.807, 2.05) is 17.4 Å². The van der Waals surface area contributed by atoms with E-state index < -0.39 is 0 Å². The van der Waals surface area contributed by atoms with E-state index in [1.165, 1.54) is 28.7 Å². The predicted octanol–water partition coefficient (Wildman–Crippen LogP) is 5.33. The third kappa shape index (κ3) is 2.31. The van der Waals surface area contributed by atoms with E-state index in [-0.39, 0.29) is 5.82 Å². The lowest BCUT2D eigenvalue weighted by molar-refractivity contribution is 0.628. The molecule has 2 aromatic rings. The van der Waals surface area contributed by atoms with E-state index in [9.17, 15) is 4.39 Å². The van der Waals surface area contributed by atoms with E-state index in [1.54, 1.807) is 6.07 Å². The van der Waals surface area contributed by atoms with Crippen molar-refractivity contribution in [1.82, 2.24) is 0 Å². The molecular weight excluding hydrogens is 299 g/mol. The standard InChI is InChI=1S/C14H12BrFS/c15-8-10-3-4-11(16)7-12(10)14-6-5-13(17-14)9-1-2-9/h3-7,9H,1-2,8H2. The van der Waals surface area contributed by atoms with Crippen LogP contribution in [0.3, 0.4) is 0 Å². The van der Waals surface area contributed by atoms with Crippen molar-refractivity contribution in [3.05, 3.63) is 46.6 Å². The summed E-state index contributed by atoms with van der Waals surface area (Å²) in [5.41, 5.74) is 2.18. The highest BCUT2D eigenvalue weighted by atomic mass is 79.9. The second-order valence-corrected chi connectivity index (χ2v) is 6.09. The quantitative estimate of drug-likeness (QED) is 0.672. The molecule has 0 radical (unpaired) electrons. The molecule has 0 bridgehead atoms. The van der Waals surface area contributed by atoms with Crippen LogP contribution in [0.25, 0.3) is 10.4 Å². The zero-order valence-corrected chi connectivity index (χ0v) is 11.7. The van der Waals surface area contributed by atoms with Crippen LogP contribution < -0.4 is 0 Å². The van der Waals surface area contributed by atoms with Gasteiger partial charge in [0.25, 0.3) is 0 Å². The third-order valence-corrected chi connectivity index (χ3v) is 4.97. The molecule has 0 nitrogen and oxygen atoms in total. The fraction of sp³-hybridized carbons (Fsp3) is 0.286. The van der Waals surface area contributed by atoms with E-state index in [2.05, 4.69) is 28.1 Å². The summed E-state index contributed by atoms with van der Waals surface area (Å²) >= 11 is 5.27. The molecule has 0 saturated heterocycles. The lowest BCUT2D eigenvalue weighted by Crippen LogP contribution is -1.85. The van der Waals surface area contributed by atoms with Crippen molar-refractivity contribution >= 4 is 27.3 Å². The van der Waals surface area contributed by atoms with Gasteiger partial charge in [0.2, 0.25) is 0 Å². The summed E-state index contributed by atoms with van der Waals surface area (Å²) in [5.74, 6) is 0.612. The topological polar surface area (TPSA) is 0 Å².